The lowest BCUT2D eigenvalue weighted by Gasteiger charge is -2.45. The molecule has 0 aromatic rings. The number of nitrogens with one attached hydrogen (secondary N) is 1. The first-order valence-corrected chi connectivity index (χ1v) is 7.49. The Bertz CT molecular complexity index is 257. The van der Waals surface area contributed by atoms with Crippen LogP contribution in [0.25, 0.3) is 0 Å². The summed E-state index contributed by atoms with van der Waals surface area (Å²) in [5.74, 6) is 0. The van der Waals surface area contributed by atoms with Gasteiger partial charge in [-0.15, -0.1) is 0 Å². The molecule has 0 heterocycles. The van der Waals surface area contributed by atoms with Gasteiger partial charge in [-0.2, -0.15) is 0 Å². The summed E-state index contributed by atoms with van der Waals surface area (Å²) < 4.78 is 0. The van der Waals surface area contributed by atoms with Gasteiger partial charge >= 0.3 is 0 Å². The zero-order valence-corrected chi connectivity index (χ0v) is 12.5. The topological polar surface area (TPSA) is 12.0 Å². The number of rotatable bonds is 4. The van der Waals surface area contributed by atoms with E-state index in [9.17, 15) is 0 Å². The van der Waals surface area contributed by atoms with Crippen LogP contribution in [-0.4, -0.2) is 12.6 Å². The monoisotopic (exact) mass is 237 g/mol. The highest BCUT2D eigenvalue weighted by molar-refractivity contribution is 4.97. The Balaban J connectivity index is 1.88. The summed E-state index contributed by atoms with van der Waals surface area (Å²) in [6, 6.07) is 0.748. The van der Waals surface area contributed by atoms with Crippen molar-refractivity contribution in [2.45, 2.75) is 79.2 Å². The second-order valence-corrected chi connectivity index (χ2v) is 8.34. The molecule has 2 rings (SSSR count). The highest BCUT2D eigenvalue weighted by Gasteiger charge is 2.43. The van der Waals surface area contributed by atoms with Gasteiger partial charge in [0.05, 0.1) is 0 Å². The van der Waals surface area contributed by atoms with Crippen LogP contribution in [0.1, 0.15) is 73.1 Å². The van der Waals surface area contributed by atoms with Crippen LogP contribution in [-0.2, 0) is 0 Å². The molecule has 0 amide bonds. The average Bonchev–Trinajstić information content (AvgIpc) is 2.90. The molecule has 1 heteroatoms. The molecular weight excluding hydrogens is 206 g/mol. The molecule has 17 heavy (non-hydrogen) atoms. The van der Waals surface area contributed by atoms with Gasteiger partial charge in [0.25, 0.3) is 0 Å². The second-order valence-electron chi connectivity index (χ2n) is 8.34. The van der Waals surface area contributed by atoms with Crippen molar-refractivity contribution in [1.82, 2.24) is 5.32 Å². The lowest BCUT2D eigenvalue weighted by Crippen LogP contribution is -2.45. The molecule has 0 saturated heterocycles. The minimum atomic E-state index is 0.516. The van der Waals surface area contributed by atoms with Crippen LogP contribution in [0, 0.1) is 16.2 Å². The molecule has 100 valence electrons. The Kier molecular flexibility index (Phi) is 3.36. The molecule has 0 unspecified atom stereocenters. The molecule has 1 N–H and O–H groups in total. The minimum Gasteiger partial charge on any atom is -0.313 e. The van der Waals surface area contributed by atoms with E-state index in [0.29, 0.717) is 16.2 Å². The predicted molar refractivity (Wildman–Crippen MR) is 75.2 cm³/mol. The summed E-state index contributed by atoms with van der Waals surface area (Å²) in [5.41, 5.74) is 1.72. The summed E-state index contributed by atoms with van der Waals surface area (Å²) in [5, 5.41) is 3.89. The third kappa shape index (κ3) is 3.47. The molecule has 0 aromatic heterocycles. The molecule has 0 atom stereocenters. The van der Waals surface area contributed by atoms with Crippen LogP contribution < -0.4 is 5.32 Å². The SMILES string of the molecule is CCC1(CNC2CC(C)(C)CC(C)(C)C2)CC1. The van der Waals surface area contributed by atoms with E-state index >= 15 is 0 Å². The van der Waals surface area contributed by atoms with E-state index in [1.807, 2.05) is 0 Å². The van der Waals surface area contributed by atoms with Crippen molar-refractivity contribution in [3.8, 4) is 0 Å². The van der Waals surface area contributed by atoms with Gasteiger partial charge in [0.1, 0.15) is 0 Å². The normalized spacial score (nSPS) is 30.2. The number of hydrogen-bond donors (Lipinski definition) is 1. The van der Waals surface area contributed by atoms with Crippen molar-refractivity contribution in [1.29, 1.82) is 0 Å². The van der Waals surface area contributed by atoms with E-state index in [4.69, 9.17) is 0 Å². The maximum absolute atomic E-state index is 3.89. The smallest absolute Gasteiger partial charge is 0.00774 e. The van der Waals surface area contributed by atoms with Gasteiger partial charge in [-0.05, 0) is 54.8 Å². The highest BCUT2D eigenvalue weighted by atomic mass is 14.9. The van der Waals surface area contributed by atoms with E-state index in [0.717, 1.165) is 6.04 Å². The molecule has 0 aliphatic heterocycles. The Morgan fingerprint density at radius 2 is 1.53 bits per heavy atom. The van der Waals surface area contributed by atoms with Gasteiger partial charge in [-0.1, -0.05) is 34.6 Å². The standard InChI is InChI=1S/C16H31N/c1-6-16(7-8-16)12-17-13-9-14(2,3)11-15(4,5)10-13/h13,17H,6-12H2,1-5H3. The minimum absolute atomic E-state index is 0.516. The van der Waals surface area contributed by atoms with Crippen LogP contribution in [0.15, 0.2) is 0 Å². The van der Waals surface area contributed by atoms with Crippen LogP contribution in [0.5, 0.6) is 0 Å². The Hall–Kier alpha value is -0.0400. The van der Waals surface area contributed by atoms with Crippen molar-refractivity contribution >= 4 is 0 Å². The van der Waals surface area contributed by atoms with Crippen LogP contribution in [0.3, 0.4) is 0 Å². The van der Waals surface area contributed by atoms with E-state index in [2.05, 4.69) is 39.9 Å². The maximum Gasteiger partial charge on any atom is 0.00774 e. The van der Waals surface area contributed by atoms with Gasteiger partial charge in [0.15, 0.2) is 0 Å². The maximum atomic E-state index is 3.89. The van der Waals surface area contributed by atoms with E-state index < -0.39 is 0 Å². The molecule has 0 radical (unpaired) electrons. The predicted octanol–water partition coefficient (Wildman–Crippen LogP) is 4.37. The van der Waals surface area contributed by atoms with Gasteiger partial charge < -0.3 is 5.32 Å². The summed E-state index contributed by atoms with van der Waals surface area (Å²) in [4.78, 5) is 0. The third-order valence-electron chi connectivity index (χ3n) is 5.03. The van der Waals surface area contributed by atoms with Crippen LogP contribution in [0.2, 0.25) is 0 Å². The molecule has 0 aromatic carbocycles. The van der Waals surface area contributed by atoms with Crippen molar-refractivity contribution in [2.75, 3.05) is 6.54 Å². The fourth-order valence-electron chi connectivity index (χ4n) is 4.18. The highest BCUT2D eigenvalue weighted by Crippen LogP contribution is 2.49. The second kappa shape index (κ2) is 4.26. The molecule has 0 spiro atoms. The number of hydrogen-bond acceptors (Lipinski definition) is 1. The van der Waals surface area contributed by atoms with Gasteiger partial charge in [0.2, 0.25) is 0 Å². The summed E-state index contributed by atoms with van der Waals surface area (Å²) in [6.07, 6.45) is 8.36. The Morgan fingerprint density at radius 3 is 1.94 bits per heavy atom. The third-order valence-corrected chi connectivity index (χ3v) is 5.03. The zero-order valence-electron chi connectivity index (χ0n) is 12.5. The van der Waals surface area contributed by atoms with Crippen LogP contribution in [0.4, 0.5) is 0 Å². The molecule has 2 aliphatic carbocycles. The largest absolute Gasteiger partial charge is 0.313 e. The summed E-state index contributed by atoms with van der Waals surface area (Å²) in [7, 11) is 0. The van der Waals surface area contributed by atoms with Crippen LogP contribution >= 0.6 is 0 Å². The van der Waals surface area contributed by atoms with Gasteiger partial charge in [-0.3, -0.25) is 0 Å². The first-order valence-electron chi connectivity index (χ1n) is 7.49. The Morgan fingerprint density at radius 1 is 1.00 bits per heavy atom. The van der Waals surface area contributed by atoms with Gasteiger partial charge in [0, 0.05) is 12.6 Å². The van der Waals surface area contributed by atoms with Gasteiger partial charge in [-0.25, -0.2) is 0 Å². The first kappa shape index (κ1) is 13.4. The molecule has 2 saturated carbocycles. The van der Waals surface area contributed by atoms with Crippen molar-refractivity contribution in [2.24, 2.45) is 16.2 Å². The van der Waals surface area contributed by atoms with Crippen molar-refractivity contribution in [3.63, 3.8) is 0 Å². The van der Waals surface area contributed by atoms with E-state index in [1.165, 1.54) is 45.1 Å². The molecular formula is C16H31N. The fraction of sp³-hybridized carbons (Fsp3) is 1.00. The lowest BCUT2D eigenvalue weighted by atomic mass is 9.63. The van der Waals surface area contributed by atoms with Crippen molar-refractivity contribution < 1.29 is 0 Å². The fourth-order valence-corrected chi connectivity index (χ4v) is 4.18. The zero-order chi connectivity index (χ0) is 12.7. The molecule has 2 aliphatic rings. The molecule has 2 fully saturated rings. The van der Waals surface area contributed by atoms with E-state index in [-0.39, 0.29) is 0 Å². The van der Waals surface area contributed by atoms with E-state index in [1.54, 1.807) is 0 Å². The Labute approximate surface area is 108 Å². The van der Waals surface area contributed by atoms with Crippen molar-refractivity contribution in [3.05, 3.63) is 0 Å². The summed E-state index contributed by atoms with van der Waals surface area (Å²) in [6.45, 7) is 13.4. The first-order chi connectivity index (χ1) is 7.76. The average molecular weight is 237 g/mol. The molecule has 1 nitrogen and oxygen atoms in total. The lowest BCUT2D eigenvalue weighted by molar-refractivity contribution is 0.0826. The summed E-state index contributed by atoms with van der Waals surface area (Å²) >= 11 is 0. The molecule has 0 bridgehead atoms. The quantitative estimate of drug-likeness (QED) is 0.765.